The molecule has 18 heavy (non-hydrogen) atoms. The maximum atomic E-state index is 11.5. The van der Waals surface area contributed by atoms with Crippen molar-refractivity contribution in [2.75, 3.05) is 13.2 Å². The number of aliphatic carboxylic acids is 1. The topological polar surface area (TPSA) is 75.6 Å². The van der Waals surface area contributed by atoms with Gasteiger partial charge in [-0.1, -0.05) is 0 Å². The van der Waals surface area contributed by atoms with Crippen LogP contribution >= 0.6 is 0 Å². The summed E-state index contributed by atoms with van der Waals surface area (Å²) in [6.07, 6.45) is 4.58. The molecule has 0 bridgehead atoms. The normalized spacial score (nSPS) is 18.3. The summed E-state index contributed by atoms with van der Waals surface area (Å²) in [5, 5.41) is 11.3. The summed E-state index contributed by atoms with van der Waals surface area (Å²) in [6, 6.07) is -0.293. The number of rotatable bonds is 7. The van der Waals surface area contributed by atoms with Crippen LogP contribution in [0.1, 0.15) is 45.4 Å². The van der Waals surface area contributed by atoms with E-state index in [1.165, 1.54) is 0 Å². The SMILES string of the molecule is CC(CC(=O)O)NC(=O)CCCC1CCOCC1. The summed E-state index contributed by atoms with van der Waals surface area (Å²) in [6.45, 7) is 3.39. The highest BCUT2D eigenvalue weighted by molar-refractivity contribution is 5.77. The molecule has 1 heterocycles. The molecule has 1 atom stereocenters. The van der Waals surface area contributed by atoms with Crippen LogP contribution in [0.5, 0.6) is 0 Å². The highest BCUT2D eigenvalue weighted by atomic mass is 16.5. The smallest absolute Gasteiger partial charge is 0.305 e. The summed E-state index contributed by atoms with van der Waals surface area (Å²) < 4.78 is 5.28. The summed E-state index contributed by atoms with van der Waals surface area (Å²) in [7, 11) is 0. The Labute approximate surface area is 108 Å². The van der Waals surface area contributed by atoms with Crippen molar-refractivity contribution in [3.63, 3.8) is 0 Å². The Morgan fingerprint density at radius 1 is 1.39 bits per heavy atom. The maximum Gasteiger partial charge on any atom is 0.305 e. The van der Waals surface area contributed by atoms with E-state index >= 15 is 0 Å². The third-order valence-corrected chi connectivity index (χ3v) is 3.25. The quantitative estimate of drug-likeness (QED) is 0.725. The van der Waals surface area contributed by atoms with Gasteiger partial charge in [-0.2, -0.15) is 0 Å². The fraction of sp³-hybridized carbons (Fsp3) is 0.846. The molecule has 1 rings (SSSR count). The fourth-order valence-electron chi connectivity index (χ4n) is 2.25. The molecule has 1 fully saturated rings. The molecule has 1 saturated heterocycles. The molecule has 0 aliphatic carbocycles. The molecule has 1 amide bonds. The first-order chi connectivity index (χ1) is 8.58. The monoisotopic (exact) mass is 257 g/mol. The van der Waals surface area contributed by atoms with Gasteiger partial charge in [0.05, 0.1) is 6.42 Å². The Balaban J connectivity index is 2.07. The van der Waals surface area contributed by atoms with E-state index in [4.69, 9.17) is 9.84 Å². The van der Waals surface area contributed by atoms with Gasteiger partial charge in [0.1, 0.15) is 0 Å². The molecule has 0 aromatic heterocycles. The van der Waals surface area contributed by atoms with Gasteiger partial charge in [0.2, 0.25) is 5.91 Å². The lowest BCUT2D eigenvalue weighted by molar-refractivity contribution is -0.137. The van der Waals surface area contributed by atoms with Crippen molar-refractivity contribution in [3.05, 3.63) is 0 Å². The largest absolute Gasteiger partial charge is 0.481 e. The molecule has 0 spiro atoms. The van der Waals surface area contributed by atoms with Crippen molar-refractivity contribution >= 4 is 11.9 Å². The predicted octanol–water partition coefficient (Wildman–Crippen LogP) is 1.56. The second-order valence-electron chi connectivity index (χ2n) is 5.01. The van der Waals surface area contributed by atoms with Crippen molar-refractivity contribution in [1.82, 2.24) is 5.32 Å². The predicted molar refractivity (Wildman–Crippen MR) is 67.3 cm³/mol. The number of carboxylic acid groups (broad SMARTS) is 1. The lowest BCUT2D eigenvalue weighted by Crippen LogP contribution is -2.34. The molecule has 0 radical (unpaired) electrons. The van der Waals surface area contributed by atoms with E-state index in [9.17, 15) is 9.59 Å². The molecule has 1 aliphatic heterocycles. The van der Waals surface area contributed by atoms with E-state index in [1.54, 1.807) is 6.92 Å². The minimum Gasteiger partial charge on any atom is -0.481 e. The van der Waals surface area contributed by atoms with Gasteiger partial charge in [0, 0.05) is 25.7 Å². The average molecular weight is 257 g/mol. The number of ether oxygens (including phenoxy) is 1. The minimum atomic E-state index is -0.884. The Bertz CT molecular complexity index is 274. The zero-order valence-corrected chi connectivity index (χ0v) is 11.0. The number of carbonyl (C=O) groups excluding carboxylic acids is 1. The molecular formula is C13H23NO4. The van der Waals surface area contributed by atoms with Crippen LogP contribution in [0, 0.1) is 5.92 Å². The summed E-state index contributed by atoms with van der Waals surface area (Å²) in [5.74, 6) is -0.246. The summed E-state index contributed by atoms with van der Waals surface area (Å²) in [4.78, 5) is 22.0. The first kappa shape index (κ1) is 15.0. The molecule has 5 heteroatoms. The van der Waals surface area contributed by atoms with Crippen molar-refractivity contribution in [2.24, 2.45) is 5.92 Å². The number of amides is 1. The standard InChI is InChI=1S/C13H23NO4/c1-10(9-13(16)17)14-12(15)4-2-3-11-5-7-18-8-6-11/h10-11H,2-9H2,1H3,(H,14,15)(H,16,17). The van der Waals surface area contributed by atoms with Crippen LogP contribution in [-0.2, 0) is 14.3 Å². The average Bonchev–Trinajstić information content (AvgIpc) is 2.29. The van der Waals surface area contributed by atoms with Crippen molar-refractivity contribution in [3.8, 4) is 0 Å². The van der Waals surface area contributed by atoms with Crippen LogP contribution in [0.25, 0.3) is 0 Å². The summed E-state index contributed by atoms with van der Waals surface area (Å²) >= 11 is 0. The number of nitrogens with one attached hydrogen (secondary N) is 1. The van der Waals surface area contributed by atoms with Crippen LogP contribution in [0.2, 0.25) is 0 Å². The zero-order chi connectivity index (χ0) is 13.4. The Morgan fingerprint density at radius 2 is 2.06 bits per heavy atom. The number of hydrogen-bond donors (Lipinski definition) is 2. The lowest BCUT2D eigenvalue weighted by atomic mass is 9.94. The maximum absolute atomic E-state index is 11.5. The Morgan fingerprint density at radius 3 is 2.67 bits per heavy atom. The van der Waals surface area contributed by atoms with Crippen LogP contribution < -0.4 is 5.32 Å². The van der Waals surface area contributed by atoms with Crippen LogP contribution in [0.3, 0.4) is 0 Å². The van der Waals surface area contributed by atoms with Gasteiger partial charge >= 0.3 is 5.97 Å². The van der Waals surface area contributed by atoms with Crippen LogP contribution in [0.15, 0.2) is 0 Å². The van der Waals surface area contributed by atoms with Crippen molar-refractivity contribution in [2.45, 2.75) is 51.5 Å². The van der Waals surface area contributed by atoms with Gasteiger partial charge in [0.15, 0.2) is 0 Å². The van der Waals surface area contributed by atoms with Gasteiger partial charge in [0.25, 0.3) is 0 Å². The molecule has 1 unspecified atom stereocenters. The first-order valence-electron chi connectivity index (χ1n) is 6.67. The lowest BCUT2D eigenvalue weighted by Gasteiger charge is -2.21. The number of carbonyl (C=O) groups is 2. The Kier molecular flexibility index (Phi) is 6.72. The molecule has 2 N–H and O–H groups in total. The van der Waals surface area contributed by atoms with E-state index in [1.807, 2.05) is 0 Å². The summed E-state index contributed by atoms with van der Waals surface area (Å²) in [5.41, 5.74) is 0. The van der Waals surface area contributed by atoms with E-state index in [-0.39, 0.29) is 18.4 Å². The van der Waals surface area contributed by atoms with Gasteiger partial charge in [-0.3, -0.25) is 9.59 Å². The second kappa shape index (κ2) is 8.08. The molecular weight excluding hydrogens is 234 g/mol. The second-order valence-corrected chi connectivity index (χ2v) is 5.01. The zero-order valence-electron chi connectivity index (χ0n) is 11.0. The van der Waals surface area contributed by atoms with Crippen molar-refractivity contribution < 1.29 is 19.4 Å². The van der Waals surface area contributed by atoms with E-state index < -0.39 is 5.97 Å². The van der Waals surface area contributed by atoms with Crippen LogP contribution in [0.4, 0.5) is 0 Å². The minimum absolute atomic E-state index is 0.0221. The number of hydrogen-bond acceptors (Lipinski definition) is 3. The highest BCUT2D eigenvalue weighted by Crippen LogP contribution is 2.20. The molecule has 0 saturated carbocycles. The number of carboxylic acids is 1. The van der Waals surface area contributed by atoms with E-state index in [0.717, 1.165) is 38.9 Å². The molecule has 0 aromatic carbocycles. The fourth-order valence-corrected chi connectivity index (χ4v) is 2.25. The highest BCUT2D eigenvalue weighted by Gasteiger charge is 2.15. The molecule has 104 valence electrons. The van der Waals surface area contributed by atoms with Gasteiger partial charge in [-0.15, -0.1) is 0 Å². The van der Waals surface area contributed by atoms with Crippen LogP contribution in [-0.4, -0.2) is 36.2 Å². The van der Waals surface area contributed by atoms with E-state index in [0.29, 0.717) is 12.3 Å². The third-order valence-electron chi connectivity index (χ3n) is 3.25. The van der Waals surface area contributed by atoms with Gasteiger partial charge < -0.3 is 15.2 Å². The molecule has 1 aliphatic rings. The van der Waals surface area contributed by atoms with Gasteiger partial charge in [-0.05, 0) is 38.5 Å². The molecule has 0 aromatic rings. The molecule has 5 nitrogen and oxygen atoms in total. The van der Waals surface area contributed by atoms with E-state index in [2.05, 4.69) is 5.32 Å². The third kappa shape index (κ3) is 6.59. The Hall–Kier alpha value is -1.10. The first-order valence-corrected chi connectivity index (χ1v) is 6.67. The van der Waals surface area contributed by atoms with Crippen molar-refractivity contribution in [1.29, 1.82) is 0 Å². The van der Waals surface area contributed by atoms with Gasteiger partial charge in [-0.25, -0.2) is 0 Å².